The molecule has 2 heteroatoms. The maximum absolute atomic E-state index is 11.7. The van der Waals surface area contributed by atoms with Crippen molar-refractivity contribution in [3.63, 3.8) is 0 Å². The lowest BCUT2D eigenvalue weighted by atomic mass is 10.1. The zero-order valence-electron chi connectivity index (χ0n) is 12.0. The van der Waals surface area contributed by atoms with Crippen molar-refractivity contribution < 1.29 is 4.79 Å². The third kappa shape index (κ3) is 6.83. The second kappa shape index (κ2) is 10.2. The molecule has 0 unspecified atom stereocenters. The molecule has 0 N–H and O–H groups in total. The van der Waals surface area contributed by atoms with E-state index in [1.165, 1.54) is 51.4 Å². The lowest BCUT2D eigenvalue weighted by Gasteiger charge is -2.14. The summed E-state index contributed by atoms with van der Waals surface area (Å²) in [6.45, 7) is 3.92. The molecule has 0 radical (unpaired) electrons. The molecule has 0 spiro atoms. The van der Waals surface area contributed by atoms with Crippen molar-refractivity contribution in [2.75, 3.05) is 13.1 Å². The second-order valence-electron chi connectivity index (χ2n) is 5.35. The molecule has 0 aliphatic carbocycles. The fourth-order valence-corrected chi connectivity index (χ4v) is 2.43. The Hall–Kier alpha value is -0.790. The van der Waals surface area contributed by atoms with Crippen LogP contribution in [0.5, 0.6) is 0 Å². The summed E-state index contributed by atoms with van der Waals surface area (Å²) in [4.78, 5) is 13.7. The minimum Gasteiger partial charge on any atom is -0.335 e. The van der Waals surface area contributed by atoms with Gasteiger partial charge < -0.3 is 4.90 Å². The van der Waals surface area contributed by atoms with Crippen LogP contribution >= 0.6 is 0 Å². The molecule has 0 aromatic carbocycles. The Morgan fingerprint density at radius 1 is 0.889 bits per heavy atom. The van der Waals surface area contributed by atoms with Crippen LogP contribution in [0.3, 0.4) is 0 Å². The third-order valence-corrected chi connectivity index (χ3v) is 3.67. The monoisotopic (exact) mass is 251 g/mol. The van der Waals surface area contributed by atoms with Gasteiger partial charge in [0.1, 0.15) is 0 Å². The number of carbonyl (C=O) groups is 1. The van der Waals surface area contributed by atoms with Crippen LogP contribution in [0.25, 0.3) is 0 Å². The van der Waals surface area contributed by atoms with Gasteiger partial charge in [-0.3, -0.25) is 4.79 Å². The Morgan fingerprint density at radius 2 is 1.39 bits per heavy atom. The highest BCUT2D eigenvalue weighted by Gasteiger charge is 2.12. The highest BCUT2D eigenvalue weighted by Crippen LogP contribution is 2.11. The Labute approximate surface area is 112 Å². The Kier molecular flexibility index (Phi) is 8.62. The smallest absolute Gasteiger partial charge is 0.223 e. The highest BCUT2D eigenvalue weighted by atomic mass is 16.2. The summed E-state index contributed by atoms with van der Waals surface area (Å²) in [6.07, 6.45) is 16.7. The standard InChI is InChI=1S/C16H29NO/c1-2-3-4-5-6-7-8-9-10-13-16(18)17-14-11-12-15-17/h11-12H,2-10,13-15H2,1H3. The van der Waals surface area contributed by atoms with E-state index in [2.05, 4.69) is 19.1 Å². The topological polar surface area (TPSA) is 20.3 Å². The van der Waals surface area contributed by atoms with E-state index in [-0.39, 0.29) is 0 Å². The van der Waals surface area contributed by atoms with Crippen LogP contribution in [-0.2, 0) is 4.79 Å². The van der Waals surface area contributed by atoms with Crippen molar-refractivity contribution in [1.82, 2.24) is 4.90 Å². The van der Waals surface area contributed by atoms with Gasteiger partial charge in [-0.05, 0) is 6.42 Å². The van der Waals surface area contributed by atoms with E-state index in [9.17, 15) is 4.79 Å². The van der Waals surface area contributed by atoms with E-state index in [0.29, 0.717) is 5.91 Å². The molecule has 0 fully saturated rings. The molecule has 0 aromatic rings. The van der Waals surface area contributed by atoms with Gasteiger partial charge in [0.2, 0.25) is 5.91 Å². The molecule has 1 heterocycles. The molecular formula is C16H29NO. The molecule has 104 valence electrons. The normalized spacial score (nSPS) is 14.4. The molecule has 0 bridgehead atoms. The van der Waals surface area contributed by atoms with Crippen molar-refractivity contribution in [2.24, 2.45) is 0 Å². The first kappa shape index (κ1) is 15.3. The van der Waals surface area contributed by atoms with Crippen LogP contribution in [0.4, 0.5) is 0 Å². The van der Waals surface area contributed by atoms with Crippen LogP contribution in [0.15, 0.2) is 12.2 Å². The summed E-state index contributed by atoms with van der Waals surface area (Å²) < 4.78 is 0. The van der Waals surface area contributed by atoms with Gasteiger partial charge in [-0.15, -0.1) is 0 Å². The van der Waals surface area contributed by atoms with Gasteiger partial charge in [0, 0.05) is 19.5 Å². The molecule has 18 heavy (non-hydrogen) atoms. The first-order valence-electron chi connectivity index (χ1n) is 7.77. The van der Waals surface area contributed by atoms with Crippen LogP contribution in [0, 0.1) is 0 Å². The quantitative estimate of drug-likeness (QED) is 0.418. The third-order valence-electron chi connectivity index (χ3n) is 3.67. The van der Waals surface area contributed by atoms with Gasteiger partial charge in [0.15, 0.2) is 0 Å². The average molecular weight is 251 g/mol. The second-order valence-corrected chi connectivity index (χ2v) is 5.35. The largest absolute Gasteiger partial charge is 0.335 e. The van der Waals surface area contributed by atoms with Crippen molar-refractivity contribution in [3.8, 4) is 0 Å². The van der Waals surface area contributed by atoms with Crippen LogP contribution in [0.1, 0.15) is 71.1 Å². The molecule has 1 aliphatic heterocycles. The van der Waals surface area contributed by atoms with Gasteiger partial charge in [-0.1, -0.05) is 70.4 Å². The molecule has 1 rings (SSSR count). The average Bonchev–Trinajstić information content (AvgIpc) is 2.90. The summed E-state index contributed by atoms with van der Waals surface area (Å²) in [5, 5.41) is 0. The van der Waals surface area contributed by atoms with E-state index >= 15 is 0 Å². The van der Waals surface area contributed by atoms with Gasteiger partial charge in [0.25, 0.3) is 0 Å². The SMILES string of the molecule is CCCCCCCCCCCC(=O)N1CC=CC1. The number of rotatable bonds is 10. The van der Waals surface area contributed by atoms with E-state index in [1.54, 1.807) is 0 Å². The lowest BCUT2D eigenvalue weighted by Crippen LogP contribution is -2.27. The number of carbonyl (C=O) groups excluding carboxylic acids is 1. The van der Waals surface area contributed by atoms with Crippen molar-refractivity contribution in [1.29, 1.82) is 0 Å². The predicted octanol–water partition coefficient (Wildman–Crippen LogP) is 4.31. The van der Waals surface area contributed by atoms with Gasteiger partial charge >= 0.3 is 0 Å². The van der Waals surface area contributed by atoms with E-state index in [1.807, 2.05) is 4.90 Å². The van der Waals surface area contributed by atoms with E-state index in [0.717, 1.165) is 25.9 Å². The predicted molar refractivity (Wildman–Crippen MR) is 77.6 cm³/mol. The maximum Gasteiger partial charge on any atom is 0.223 e. The molecular weight excluding hydrogens is 222 g/mol. The fourth-order valence-electron chi connectivity index (χ4n) is 2.43. The summed E-state index contributed by atoms with van der Waals surface area (Å²) in [5.74, 6) is 0.336. The molecule has 1 amide bonds. The van der Waals surface area contributed by atoms with E-state index < -0.39 is 0 Å². The molecule has 0 saturated carbocycles. The van der Waals surface area contributed by atoms with Crippen molar-refractivity contribution in [2.45, 2.75) is 71.1 Å². The zero-order valence-corrected chi connectivity index (χ0v) is 12.0. The number of hydrogen-bond acceptors (Lipinski definition) is 1. The fraction of sp³-hybridized carbons (Fsp3) is 0.812. The summed E-state index contributed by atoms with van der Waals surface area (Å²) in [7, 11) is 0. The van der Waals surface area contributed by atoms with Gasteiger partial charge in [-0.25, -0.2) is 0 Å². The molecule has 0 atom stereocenters. The van der Waals surface area contributed by atoms with Crippen LogP contribution in [0.2, 0.25) is 0 Å². The summed E-state index contributed by atoms with van der Waals surface area (Å²) in [5.41, 5.74) is 0. The number of unbranched alkanes of at least 4 members (excludes halogenated alkanes) is 8. The number of amides is 1. The van der Waals surface area contributed by atoms with Gasteiger partial charge in [0.05, 0.1) is 0 Å². The van der Waals surface area contributed by atoms with Crippen LogP contribution in [-0.4, -0.2) is 23.9 Å². The van der Waals surface area contributed by atoms with Gasteiger partial charge in [-0.2, -0.15) is 0 Å². The molecule has 1 aliphatic rings. The lowest BCUT2D eigenvalue weighted by molar-refractivity contribution is -0.129. The van der Waals surface area contributed by atoms with Crippen LogP contribution < -0.4 is 0 Å². The molecule has 0 aromatic heterocycles. The number of hydrogen-bond donors (Lipinski definition) is 0. The maximum atomic E-state index is 11.7. The Bertz CT molecular complexity index is 239. The summed E-state index contributed by atoms with van der Waals surface area (Å²) in [6, 6.07) is 0. The number of nitrogens with zero attached hydrogens (tertiary/aromatic N) is 1. The zero-order chi connectivity index (χ0) is 13.1. The molecule has 2 nitrogen and oxygen atoms in total. The van der Waals surface area contributed by atoms with E-state index in [4.69, 9.17) is 0 Å². The highest BCUT2D eigenvalue weighted by molar-refractivity contribution is 5.76. The first-order valence-corrected chi connectivity index (χ1v) is 7.77. The molecule has 0 saturated heterocycles. The Morgan fingerprint density at radius 3 is 1.94 bits per heavy atom. The minimum absolute atomic E-state index is 0.336. The van der Waals surface area contributed by atoms with Crippen molar-refractivity contribution >= 4 is 5.91 Å². The van der Waals surface area contributed by atoms with Crippen molar-refractivity contribution in [3.05, 3.63) is 12.2 Å². The first-order chi connectivity index (χ1) is 8.84. The minimum atomic E-state index is 0.336. The summed E-state index contributed by atoms with van der Waals surface area (Å²) >= 11 is 0. The Balaban J connectivity index is 1.82.